The van der Waals surface area contributed by atoms with Crippen LogP contribution in [0.4, 0.5) is 0 Å². The maximum atomic E-state index is 5.80. The fourth-order valence-electron chi connectivity index (χ4n) is 2.61. The van der Waals surface area contributed by atoms with Gasteiger partial charge >= 0.3 is 0 Å². The fraction of sp³-hybridized carbons (Fsp3) is 0.647. The van der Waals surface area contributed by atoms with E-state index >= 15 is 0 Å². The second-order valence-electron chi connectivity index (χ2n) is 5.95. The molecule has 1 fully saturated rings. The first-order chi connectivity index (χ1) is 9.25. The van der Waals surface area contributed by atoms with Crippen LogP contribution in [-0.4, -0.2) is 19.7 Å². The molecule has 1 aromatic rings. The number of nitrogens with one attached hydrogen (secondary N) is 1. The molecule has 1 atom stereocenters. The van der Waals surface area contributed by atoms with E-state index in [0.717, 1.165) is 19.1 Å². The Labute approximate surface area is 117 Å². The first-order valence-corrected chi connectivity index (χ1v) is 7.63. The Balaban J connectivity index is 1.64. The summed E-state index contributed by atoms with van der Waals surface area (Å²) in [6.07, 6.45) is 3.87. The molecule has 1 N–H and O–H groups in total. The molecule has 0 aliphatic carbocycles. The van der Waals surface area contributed by atoms with Crippen molar-refractivity contribution in [2.45, 2.75) is 45.6 Å². The first kappa shape index (κ1) is 14.5. The molecule has 0 aromatic heterocycles. The van der Waals surface area contributed by atoms with E-state index in [4.69, 9.17) is 4.74 Å². The van der Waals surface area contributed by atoms with Gasteiger partial charge in [0.1, 0.15) is 0 Å². The Morgan fingerprint density at radius 2 is 2.05 bits per heavy atom. The molecule has 1 aliphatic rings. The third-order valence-corrected chi connectivity index (χ3v) is 3.98. The van der Waals surface area contributed by atoms with Gasteiger partial charge in [-0.1, -0.05) is 38.1 Å². The summed E-state index contributed by atoms with van der Waals surface area (Å²) >= 11 is 0. The van der Waals surface area contributed by atoms with Crippen molar-refractivity contribution in [3.8, 4) is 0 Å². The molecule has 0 spiro atoms. The lowest BCUT2D eigenvalue weighted by molar-refractivity contribution is 0.103. The zero-order valence-corrected chi connectivity index (χ0v) is 12.3. The van der Waals surface area contributed by atoms with E-state index in [1.54, 1.807) is 0 Å². The van der Waals surface area contributed by atoms with Crippen molar-refractivity contribution in [3.63, 3.8) is 0 Å². The Morgan fingerprint density at radius 3 is 2.68 bits per heavy atom. The molecule has 2 nitrogen and oxygen atoms in total. The highest BCUT2D eigenvalue weighted by molar-refractivity contribution is 5.24. The second kappa shape index (κ2) is 7.66. The predicted molar refractivity (Wildman–Crippen MR) is 80.4 cm³/mol. The van der Waals surface area contributed by atoms with Crippen molar-refractivity contribution in [3.05, 3.63) is 35.4 Å². The first-order valence-electron chi connectivity index (χ1n) is 7.63. The molecule has 1 aliphatic heterocycles. The van der Waals surface area contributed by atoms with E-state index in [9.17, 15) is 0 Å². The van der Waals surface area contributed by atoms with Gasteiger partial charge in [-0.05, 0) is 55.3 Å². The van der Waals surface area contributed by atoms with E-state index in [1.165, 1.54) is 43.5 Å². The quantitative estimate of drug-likeness (QED) is 0.788. The number of hydrogen-bond donors (Lipinski definition) is 1. The van der Waals surface area contributed by atoms with Gasteiger partial charge in [-0.2, -0.15) is 0 Å². The normalized spacial score (nSPS) is 19.8. The number of ether oxygens (including phenoxy) is 1. The molecule has 0 amide bonds. The van der Waals surface area contributed by atoms with Gasteiger partial charge in [-0.3, -0.25) is 0 Å². The number of benzene rings is 1. The molecule has 19 heavy (non-hydrogen) atoms. The summed E-state index contributed by atoms with van der Waals surface area (Å²) in [6, 6.07) is 8.82. The van der Waals surface area contributed by atoms with Gasteiger partial charge < -0.3 is 10.1 Å². The molecule has 1 saturated heterocycles. The van der Waals surface area contributed by atoms with Crippen LogP contribution in [0.1, 0.15) is 50.2 Å². The lowest BCUT2D eigenvalue weighted by Gasteiger charge is -2.22. The predicted octanol–water partition coefficient (Wildman–Crippen LogP) is 3.72. The number of rotatable bonds is 6. The van der Waals surface area contributed by atoms with Gasteiger partial charge in [0.2, 0.25) is 0 Å². The molecule has 0 radical (unpaired) electrons. The third kappa shape index (κ3) is 4.96. The van der Waals surface area contributed by atoms with Crippen LogP contribution >= 0.6 is 0 Å². The Hall–Kier alpha value is -0.860. The molecule has 2 rings (SSSR count). The van der Waals surface area contributed by atoms with E-state index in [0.29, 0.717) is 5.92 Å². The van der Waals surface area contributed by atoms with Crippen LogP contribution in [0.3, 0.4) is 0 Å². The topological polar surface area (TPSA) is 21.3 Å². The summed E-state index contributed by atoms with van der Waals surface area (Å²) in [4.78, 5) is 0. The molecular weight excluding hydrogens is 234 g/mol. The smallest absolute Gasteiger partial charge is 0.0716 e. The van der Waals surface area contributed by atoms with Crippen LogP contribution in [-0.2, 0) is 11.3 Å². The van der Waals surface area contributed by atoms with Gasteiger partial charge in [0.15, 0.2) is 0 Å². The molecule has 1 heterocycles. The average Bonchev–Trinajstić information content (AvgIpc) is 2.45. The molecule has 106 valence electrons. The van der Waals surface area contributed by atoms with Crippen LogP contribution in [0.2, 0.25) is 0 Å². The molecule has 1 aromatic carbocycles. The average molecular weight is 261 g/mol. The minimum absolute atomic E-state index is 0.605. The third-order valence-electron chi connectivity index (χ3n) is 3.98. The standard InChI is InChI=1S/C17H27NO/c1-14(2)17-7-5-16(6-8-17)13-19-11-9-15-4-3-10-18-12-15/h5-8,14-15,18H,3-4,9-13H2,1-2H3/t15-/m0/s1. The number of piperidine rings is 1. The van der Waals surface area contributed by atoms with Crippen molar-refractivity contribution >= 4 is 0 Å². The van der Waals surface area contributed by atoms with E-state index in [-0.39, 0.29) is 0 Å². The highest BCUT2D eigenvalue weighted by Gasteiger charge is 2.12. The van der Waals surface area contributed by atoms with E-state index < -0.39 is 0 Å². The summed E-state index contributed by atoms with van der Waals surface area (Å²) in [5, 5.41) is 3.45. The molecule has 0 unspecified atom stereocenters. The maximum Gasteiger partial charge on any atom is 0.0716 e. The van der Waals surface area contributed by atoms with Crippen LogP contribution < -0.4 is 5.32 Å². The van der Waals surface area contributed by atoms with Crippen LogP contribution in [0.15, 0.2) is 24.3 Å². The largest absolute Gasteiger partial charge is 0.377 e. The van der Waals surface area contributed by atoms with E-state index in [2.05, 4.69) is 43.4 Å². The fourth-order valence-corrected chi connectivity index (χ4v) is 2.61. The van der Waals surface area contributed by atoms with E-state index in [1.807, 2.05) is 0 Å². The van der Waals surface area contributed by atoms with Crippen molar-refractivity contribution in [2.24, 2.45) is 5.92 Å². The van der Waals surface area contributed by atoms with Crippen LogP contribution in [0.25, 0.3) is 0 Å². The zero-order valence-electron chi connectivity index (χ0n) is 12.3. The highest BCUT2D eigenvalue weighted by Crippen LogP contribution is 2.16. The summed E-state index contributed by atoms with van der Waals surface area (Å²) in [5.74, 6) is 1.42. The van der Waals surface area contributed by atoms with Gasteiger partial charge in [0.25, 0.3) is 0 Å². The monoisotopic (exact) mass is 261 g/mol. The maximum absolute atomic E-state index is 5.80. The molecule has 0 saturated carbocycles. The summed E-state index contributed by atoms with van der Waals surface area (Å²) in [6.45, 7) is 8.45. The number of hydrogen-bond acceptors (Lipinski definition) is 2. The van der Waals surface area contributed by atoms with Crippen molar-refractivity contribution < 1.29 is 4.74 Å². The second-order valence-corrected chi connectivity index (χ2v) is 5.95. The van der Waals surface area contributed by atoms with Crippen molar-refractivity contribution in [1.82, 2.24) is 5.32 Å². The minimum Gasteiger partial charge on any atom is -0.377 e. The Morgan fingerprint density at radius 1 is 1.26 bits per heavy atom. The Bertz CT molecular complexity index is 352. The lowest BCUT2D eigenvalue weighted by Crippen LogP contribution is -2.30. The van der Waals surface area contributed by atoms with Crippen molar-refractivity contribution in [1.29, 1.82) is 0 Å². The van der Waals surface area contributed by atoms with Crippen molar-refractivity contribution in [2.75, 3.05) is 19.7 Å². The summed E-state index contributed by atoms with van der Waals surface area (Å²) in [7, 11) is 0. The van der Waals surface area contributed by atoms with Gasteiger partial charge in [0.05, 0.1) is 6.61 Å². The summed E-state index contributed by atoms with van der Waals surface area (Å²) < 4.78 is 5.80. The van der Waals surface area contributed by atoms with Gasteiger partial charge in [0, 0.05) is 6.61 Å². The molecule has 0 bridgehead atoms. The van der Waals surface area contributed by atoms with Gasteiger partial charge in [-0.15, -0.1) is 0 Å². The zero-order chi connectivity index (χ0) is 13.5. The molecule has 2 heteroatoms. The minimum atomic E-state index is 0.605. The van der Waals surface area contributed by atoms with Crippen LogP contribution in [0, 0.1) is 5.92 Å². The SMILES string of the molecule is CC(C)c1ccc(COCC[C@@H]2CCCNC2)cc1. The summed E-state index contributed by atoms with van der Waals surface area (Å²) in [5.41, 5.74) is 2.68. The highest BCUT2D eigenvalue weighted by atomic mass is 16.5. The lowest BCUT2D eigenvalue weighted by atomic mass is 9.97. The molecular formula is C17H27NO. The van der Waals surface area contributed by atoms with Gasteiger partial charge in [-0.25, -0.2) is 0 Å². The Kier molecular flexibility index (Phi) is 5.87. The van der Waals surface area contributed by atoms with Crippen LogP contribution in [0.5, 0.6) is 0 Å².